The molecule has 0 unspecified atom stereocenters. The standard InChI is InChI=1S/C13H20N2O6S/c1-12(2,3)20-9(17)7-8(16)10(18)22-15(7)14-11(19)21-13(4,5)6/h7H,1-6H3,(H,14,19)/t7-/m1/s1. The van der Waals surface area contributed by atoms with Crippen LogP contribution in [0, 0.1) is 0 Å². The van der Waals surface area contributed by atoms with Gasteiger partial charge in [-0.25, -0.2) is 15.0 Å². The fraction of sp³-hybridized carbons (Fsp3) is 0.692. The summed E-state index contributed by atoms with van der Waals surface area (Å²) in [6.07, 6.45) is -0.879. The van der Waals surface area contributed by atoms with Crippen molar-refractivity contribution in [2.45, 2.75) is 58.8 Å². The number of nitrogens with one attached hydrogen (secondary N) is 1. The lowest BCUT2D eigenvalue weighted by molar-refractivity contribution is -0.162. The van der Waals surface area contributed by atoms with E-state index in [1.54, 1.807) is 41.5 Å². The number of hydrazine groups is 1. The van der Waals surface area contributed by atoms with Crippen molar-refractivity contribution in [2.24, 2.45) is 0 Å². The minimum Gasteiger partial charge on any atom is -0.458 e. The fourth-order valence-corrected chi connectivity index (χ4v) is 2.23. The van der Waals surface area contributed by atoms with Crippen LogP contribution >= 0.6 is 11.9 Å². The molecule has 9 heteroatoms. The number of Topliss-reactive ketones (excluding diaryl/α,β-unsaturated/α-hetero) is 1. The van der Waals surface area contributed by atoms with Crippen molar-refractivity contribution in [3.8, 4) is 0 Å². The lowest BCUT2D eigenvalue weighted by Gasteiger charge is -2.26. The molecule has 1 N–H and O–H groups in total. The molecule has 0 aliphatic carbocycles. The maximum absolute atomic E-state index is 12.1. The predicted octanol–water partition coefficient (Wildman–Crippen LogP) is 1.20. The van der Waals surface area contributed by atoms with Crippen LogP contribution < -0.4 is 5.43 Å². The summed E-state index contributed by atoms with van der Waals surface area (Å²) in [5.74, 6) is -1.86. The summed E-state index contributed by atoms with van der Waals surface area (Å²) >= 11 is 0.423. The smallest absolute Gasteiger partial charge is 0.423 e. The SMILES string of the molecule is CC(C)(C)OC(=O)NN1SC(=O)C(=O)[C@@H]1C(=O)OC(C)(C)C. The molecule has 0 saturated carbocycles. The molecule has 1 aliphatic heterocycles. The number of ketones is 1. The highest BCUT2D eigenvalue weighted by atomic mass is 32.2. The summed E-state index contributed by atoms with van der Waals surface area (Å²) in [4.78, 5) is 47.1. The lowest BCUT2D eigenvalue weighted by atomic mass is 10.1. The molecule has 124 valence electrons. The third-order valence-corrected chi connectivity index (χ3v) is 2.96. The van der Waals surface area contributed by atoms with Crippen molar-refractivity contribution in [3.05, 3.63) is 0 Å². The van der Waals surface area contributed by atoms with E-state index in [1.165, 1.54) is 0 Å². The highest BCUT2D eigenvalue weighted by Crippen LogP contribution is 2.26. The Morgan fingerprint density at radius 3 is 2.00 bits per heavy atom. The van der Waals surface area contributed by atoms with Gasteiger partial charge in [-0.05, 0) is 41.5 Å². The van der Waals surface area contributed by atoms with E-state index in [9.17, 15) is 19.2 Å². The van der Waals surface area contributed by atoms with E-state index < -0.39 is 40.2 Å². The minimum absolute atomic E-state index is 0.423. The van der Waals surface area contributed by atoms with E-state index in [0.717, 1.165) is 4.41 Å². The molecule has 1 fully saturated rings. The Morgan fingerprint density at radius 1 is 1.05 bits per heavy atom. The van der Waals surface area contributed by atoms with E-state index in [4.69, 9.17) is 9.47 Å². The molecular formula is C13H20N2O6S. The number of hydrogen-bond acceptors (Lipinski definition) is 8. The van der Waals surface area contributed by atoms with Crippen LogP contribution in [0.5, 0.6) is 0 Å². The highest BCUT2D eigenvalue weighted by molar-refractivity contribution is 8.14. The zero-order valence-electron chi connectivity index (χ0n) is 13.4. The van der Waals surface area contributed by atoms with E-state index >= 15 is 0 Å². The number of carbonyl (C=O) groups excluding carboxylic acids is 4. The van der Waals surface area contributed by atoms with Crippen LogP contribution in [0.25, 0.3) is 0 Å². The van der Waals surface area contributed by atoms with Gasteiger partial charge in [-0.15, -0.1) is 4.41 Å². The van der Waals surface area contributed by atoms with Crippen LogP contribution in [-0.2, 0) is 23.9 Å². The summed E-state index contributed by atoms with van der Waals surface area (Å²) < 4.78 is 11.0. The first-order valence-corrected chi connectivity index (χ1v) is 7.35. The van der Waals surface area contributed by atoms with Crippen molar-refractivity contribution in [3.63, 3.8) is 0 Å². The van der Waals surface area contributed by atoms with Crippen molar-refractivity contribution in [1.82, 2.24) is 9.84 Å². The second-order valence-electron chi connectivity index (χ2n) is 6.62. The van der Waals surface area contributed by atoms with Gasteiger partial charge in [-0.2, -0.15) is 0 Å². The predicted molar refractivity (Wildman–Crippen MR) is 78.4 cm³/mol. The Balaban J connectivity index is 2.84. The number of rotatable bonds is 2. The van der Waals surface area contributed by atoms with Crippen molar-refractivity contribution < 1.29 is 28.7 Å². The summed E-state index contributed by atoms with van der Waals surface area (Å²) in [6, 6.07) is -1.52. The quantitative estimate of drug-likeness (QED) is 0.348. The Bertz CT molecular complexity index is 506. The van der Waals surface area contributed by atoms with Gasteiger partial charge in [-0.1, -0.05) is 0 Å². The summed E-state index contributed by atoms with van der Waals surface area (Å²) in [6.45, 7) is 9.86. The zero-order valence-corrected chi connectivity index (χ0v) is 14.2. The van der Waals surface area contributed by atoms with Gasteiger partial charge >= 0.3 is 12.1 Å². The maximum Gasteiger partial charge on any atom is 0.423 e. The van der Waals surface area contributed by atoms with Gasteiger partial charge in [0, 0.05) is 11.9 Å². The van der Waals surface area contributed by atoms with E-state index in [1.807, 2.05) is 0 Å². The molecule has 1 amide bonds. The number of ether oxygens (including phenoxy) is 2. The molecule has 0 aromatic heterocycles. The molecule has 0 bridgehead atoms. The number of carbonyl (C=O) groups is 4. The Hall–Kier alpha value is -1.61. The van der Waals surface area contributed by atoms with Crippen molar-refractivity contribution in [2.75, 3.05) is 0 Å². The van der Waals surface area contributed by atoms with Crippen LogP contribution in [0.4, 0.5) is 4.79 Å². The highest BCUT2D eigenvalue weighted by Gasteiger charge is 2.48. The molecular weight excluding hydrogens is 312 g/mol. The van der Waals surface area contributed by atoms with Crippen LogP contribution in [0.3, 0.4) is 0 Å². The summed E-state index contributed by atoms with van der Waals surface area (Å²) in [5, 5.41) is -0.855. The van der Waals surface area contributed by atoms with Gasteiger partial charge < -0.3 is 9.47 Å². The first-order valence-electron chi connectivity index (χ1n) is 6.58. The van der Waals surface area contributed by atoms with E-state index in [0.29, 0.717) is 11.9 Å². The summed E-state index contributed by atoms with van der Waals surface area (Å²) in [7, 11) is 0. The number of esters is 1. The van der Waals surface area contributed by atoms with Crippen molar-refractivity contribution >= 4 is 34.9 Å². The lowest BCUT2D eigenvalue weighted by Crippen LogP contribution is -2.50. The third-order valence-electron chi connectivity index (χ3n) is 2.10. The van der Waals surface area contributed by atoms with E-state index in [-0.39, 0.29) is 0 Å². The monoisotopic (exact) mass is 332 g/mol. The van der Waals surface area contributed by atoms with Gasteiger partial charge in [0.05, 0.1) is 0 Å². The zero-order chi connectivity index (χ0) is 17.3. The Kier molecular flexibility index (Phi) is 5.24. The average molecular weight is 332 g/mol. The van der Waals surface area contributed by atoms with Gasteiger partial charge in [0.2, 0.25) is 11.8 Å². The van der Waals surface area contributed by atoms with Gasteiger partial charge in [0.1, 0.15) is 11.2 Å². The molecule has 1 heterocycles. The third kappa shape index (κ3) is 5.30. The number of nitrogens with zero attached hydrogens (tertiary/aromatic N) is 1. The van der Waals surface area contributed by atoms with Crippen molar-refractivity contribution in [1.29, 1.82) is 0 Å². The first kappa shape index (κ1) is 18.4. The van der Waals surface area contributed by atoms with Crippen LogP contribution in [0.15, 0.2) is 0 Å². The largest absolute Gasteiger partial charge is 0.458 e. The molecule has 0 radical (unpaired) electrons. The normalized spacial score (nSPS) is 20.0. The van der Waals surface area contributed by atoms with Gasteiger partial charge in [0.25, 0.3) is 5.12 Å². The first-order chi connectivity index (χ1) is 9.80. The molecule has 1 atom stereocenters. The maximum atomic E-state index is 12.1. The molecule has 1 saturated heterocycles. The van der Waals surface area contributed by atoms with Gasteiger partial charge in [-0.3, -0.25) is 9.59 Å². The molecule has 1 rings (SSSR count). The fourth-order valence-electron chi connectivity index (χ4n) is 1.44. The average Bonchev–Trinajstić information content (AvgIpc) is 2.48. The minimum atomic E-state index is -1.52. The Labute approximate surface area is 133 Å². The Morgan fingerprint density at radius 2 is 1.55 bits per heavy atom. The second kappa shape index (κ2) is 6.25. The molecule has 0 aromatic carbocycles. The topological polar surface area (TPSA) is 102 Å². The molecule has 8 nitrogen and oxygen atoms in total. The number of amides is 1. The van der Waals surface area contributed by atoms with Gasteiger partial charge in [0.15, 0.2) is 0 Å². The van der Waals surface area contributed by atoms with E-state index in [2.05, 4.69) is 5.43 Å². The molecule has 0 aromatic rings. The summed E-state index contributed by atoms with van der Waals surface area (Å²) in [5.41, 5.74) is 0.618. The number of hydrogen-bond donors (Lipinski definition) is 1. The van der Waals surface area contributed by atoms with Crippen LogP contribution in [0.1, 0.15) is 41.5 Å². The van der Waals surface area contributed by atoms with Crippen LogP contribution in [0.2, 0.25) is 0 Å². The second-order valence-corrected chi connectivity index (χ2v) is 7.57. The molecule has 22 heavy (non-hydrogen) atoms. The molecule has 1 aliphatic rings. The molecule has 0 spiro atoms. The van der Waals surface area contributed by atoms with Crippen LogP contribution in [-0.4, -0.2) is 44.6 Å².